The highest BCUT2D eigenvalue weighted by atomic mass is 16.5. The zero-order valence-electron chi connectivity index (χ0n) is 21.9. The maximum absolute atomic E-state index is 11.5. The Morgan fingerprint density at radius 3 is 2.59 bits per heavy atom. The van der Waals surface area contributed by atoms with Crippen molar-refractivity contribution in [3.05, 3.63) is 11.6 Å². The van der Waals surface area contributed by atoms with Crippen molar-refractivity contribution in [2.75, 3.05) is 0 Å². The van der Waals surface area contributed by atoms with Crippen molar-refractivity contribution in [1.29, 1.82) is 0 Å². The number of hydrogen-bond acceptors (Lipinski definition) is 2. The molecule has 2 nitrogen and oxygen atoms in total. The molecular weight excluding hydrogens is 392 g/mol. The molecule has 32 heavy (non-hydrogen) atoms. The lowest BCUT2D eigenvalue weighted by Gasteiger charge is -2.58. The minimum atomic E-state index is -0.114. The molecule has 0 heterocycles. The van der Waals surface area contributed by atoms with E-state index in [1.165, 1.54) is 64.2 Å². The summed E-state index contributed by atoms with van der Waals surface area (Å²) in [6.45, 7) is 14.1. The van der Waals surface area contributed by atoms with Gasteiger partial charge in [-0.15, -0.1) is 0 Å². The first-order valence-corrected chi connectivity index (χ1v) is 14.1. The lowest BCUT2D eigenvalue weighted by atomic mass is 9.47. The van der Waals surface area contributed by atoms with Crippen molar-refractivity contribution >= 4 is 5.97 Å². The molecule has 4 unspecified atom stereocenters. The van der Waals surface area contributed by atoms with Crippen LogP contribution in [-0.2, 0) is 9.53 Å². The number of esters is 1. The minimum Gasteiger partial charge on any atom is -0.462 e. The Balaban J connectivity index is 1.44. The van der Waals surface area contributed by atoms with E-state index in [1.54, 1.807) is 12.5 Å². The molecule has 2 heteroatoms. The number of carbonyl (C=O) groups is 1. The quantitative estimate of drug-likeness (QED) is 0.292. The monoisotopic (exact) mass is 442 g/mol. The van der Waals surface area contributed by atoms with Gasteiger partial charge in [-0.3, -0.25) is 4.79 Å². The van der Waals surface area contributed by atoms with Gasteiger partial charge in [0.1, 0.15) is 6.10 Å². The van der Waals surface area contributed by atoms with Gasteiger partial charge >= 0.3 is 5.97 Å². The van der Waals surface area contributed by atoms with Crippen LogP contribution in [0.25, 0.3) is 0 Å². The molecule has 182 valence electrons. The van der Waals surface area contributed by atoms with E-state index >= 15 is 0 Å². The lowest BCUT2D eigenvalue weighted by molar-refractivity contribution is -0.148. The third-order valence-electron chi connectivity index (χ3n) is 11.2. The van der Waals surface area contributed by atoms with Gasteiger partial charge in [-0.2, -0.15) is 0 Å². The second kappa shape index (κ2) is 9.46. The molecular formula is C30H50O2. The standard InChI is InChI=1S/C30H50O2/c1-7-20(2)9-8-10-21(3)26-13-14-27-25-12-11-23-19-24(32-22(4)31)15-17-29(23,5)28(25)16-18-30(26,27)6/h11,20-21,24-28H,7-10,12-19H2,1-6H3/t20?,21?,24-,25-,26+,27?,28?,29-,30+/m0/s1. The second-order valence-electron chi connectivity index (χ2n) is 12.9. The Kier molecular flexibility index (Phi) is 7.19. The smallest absolute Gasteiger partial charge is 0.302 e. The molecule has 0 bridgehead atoms. The molecule has 4 aliphatic carbocycles. The van der Waals surface area contributed by atoms with E-state index in [2.05, 4.69) is 40.7 Å². The predicted octanol–water partition coefficient (Wildman–Crippen LogP) is 8.35. The third-order valence-corrected chi connectivity index (χ3v) is 11.2. The lowest BCUT2D eigenvalue weighted by Crippen LogP contribution is -2.51. The van der Waals surface area contributed by atoms with Gasteiger partial charge in [0.2, 0.25) is 0 Å². The number of ether oxygens (including phenoxy) is 1. The normalized spacial score (nSPS) is 42.8. The molecule has 0 aliphatic heterocycles. The first-order valence-electron chi connectivity index (χ1n) is 14.1. The van der Waals surface area contributed by atoms with Crippen LogP contribution in [0.15, 0.2) is 11.6 Å². The zero-order chi connectivity index (χ0) is 23.1. The molecule has 4 aliphatic rings. The average Bonchev–Trinajstić information content (AvgIpc) is 3.10. The summed E-state index contributed by atoms with van der Waals surface area (Å²) in [6.07, 6.45) is 18.6. The highest BCUT2D eigenvalue weighted by molar-refractivity contribution is 5.66. The van der Waals surface area contributed by atoms with E-state index < -0.39 is 0 Å². The van der Waals surface area contributed by atoms with Crippen LogP contribution < -0.4 is 0 Å². The summed E-state index contributed by atoms with van der Waals surface area (Å²) < 4.78 is 5.62. The van der Waals surface area contributed by atoms with E-state index in [-0.39, 0.29) is 12.1 Å². The zero-order valence-corrected chi connectivity index (χ0v) is 21.9. The summed E-state index contributed by atoms with van der Waals surface area (Å²) in [7, 11) is 0. The van der Waals surface area contributed by atoms with Gasteiger partial charge in [0.25, 0.3) is 0 Å². The Morgan fingerprint density at radius 1 is 1.09 bits per heavy atom. The molecule has 4 rings (SSSR count). The summed E-state index contributed by atoms with van der Waals surface area (Å²) in [4.78, 5) is 11.5. The van der Waals surface area contributed by atoms with Gasteiger partial charge in [0.05, 0.1) is 0 Å². The van der Waals surface area contributed by atoms with Crippen LogP contribution in [0.3, 0.4) is 0 Å². The Labute approximate surface area is 198 Å². The molecule has 0 aromatic heterocycles. The first kappa shape index (κ1) is 24.3. The van der Waals surface area contributed by atoms with Crippen molar-refractivity contribution in [1.82, 2.24) is 0 Å². The number of carbonyl (C=O) groups excluding carboxylic acids is 1. The second-order valence-corrected chi connectivity index (χ2v) is 12.9. The largest absolute Gasteiger partial charge is 0.462 e. The Morgan fingerprint density at radius 2 is 1.88 bits per heavy atom. The topological polar surface area (TPSA) is 26.3 Å². The van der Waals surface area contributed by atoms with Gasteiger partial charge in [0.15, 0.2) is 0 Å². The highest BCUT2D eigenvalue weighted by Gasteiger charge is 2.59. The number of fused-ring (bicyclic) bond motifs is 5. The van der Waals surface area contributed by atoms with Crippen molar-refractivity contribution in [3.63, 3.8) is 0 Å². The maximum atomic E-state index is 11.5. The van der Waals surface area contributed by atoms with Crippen molar-refractivity contribution in [3.8, 4) is 0 Å². The molecule has 9 atom stereocenters. The average molecular weight is 443 g/mol. The minimum absolute atomic E-state index is 0.114. The molecule has 3 saturated carbocycles. The van der Waals surface area contributed by atoms with Crippen LogP contribution in [0.2, 0.25) is 0 Å². The molecule has 0 aromatic rings. The van der Waals surface area contributed by atoms with Gasteiger partial charge in [-0.05, 0) is 91.3 Å². The SMILES string of the molecule is CCC(C)CCCC(C)[C@H]1CCC2[C@@H]3CC=C4C[C@@H](OC(C)=O)CC[C@]4(C)C3CC[C@@]21C. The van der Waals surface area contributed by atoms with Gasteiger partial charge in [0, 0.05) is 13.3 Å². The van der Waals surface area contributed by atoms with Gasteiger partial charge in [-0.25, -0.2) is 0 Å². The summed E-state index contributed by atoms with van der Waals surface area (Å²) in [5, 5.41) is 0. The Bertz CT molecular complexity index is 710. The first-order chi connectivity index (χ1) is 15.2. The van der Waals surface area contributed by atoms with Crippen molar-refractivity contribution in [2.45, 2.75) is 125 Å². The van der Waals surface area contributed by atoms with Crippen LogP contribution in [-0.4, -0.2) is 12.1 Å². The highest BCUT2D eigenvalue weighted by Crippen LogP contribution is 2.67. The van der Waals surface area contributed by atoms with Crippen LogP contribution >= 0.6 is 0 Å². The molecule has 0 saturated heterocycles. The van der Waals surface area contributed by atoms with Crippen molar-refractivity contribution in [2.24, 2.45) is 46.3 Å². The van der Waals surface area contributed by atoms with Crippen LogP contribution in [0.1, 0.15) is 119 Å². The van der Waals surface area contributed by atoms with E-state index in [0.717, 1.165) is 48.3 Å². The summed E-state index contributed by atoms with van der Waals surface area (Å²) in [5.41, 5.74) is 2.53. The maximum Gasteiger partial charge on any atom is 0.302 e. The molecule has 0 aromatic carbocycles. The molecule has 3 fully saturated rings. The van der Waals surface area contributed by atoms with Gasteiger partial charge < -0.3 is 4.74 Å². The van der Waals surface area contributed by atoms with E-state index in [4.69, 9.17) is 4.74 Å². The summed E-state index contributed by atoms with van der Waals surface area (Å²) >= 11 is 0. The Hall–Kier alpha value is -0.790. The van der Waals surface area contributed by atoms with E-state index in [9.17, 15) is 4.79 Å². The van der Waals surface area contributed by atoms with E-state index in [0.29, 0.717) is 10.8 Å². The number of allylic oxidation sites excluding steroid dienone is 1. The number of rotatable bonds is 7. The fraction of sp³-hybridized carbons (Fsp3) is 0.900. The van der Waals surface area contributed by atoms with Crippen LogP contribution in [0.5, 0.6) is 0 Å². The summed E-state index contributed by atoms with van der Waals surface area (Å²) in [6, 6.07) is 0. The van der Waals surface area contributed by atoms with Crippen molar-refractivity contribution < 1.29 is 9.53 Å². The van der Waals surface area contributed by atoms with Gasteiger partial charge in [-0.1, -0.05) is 72.0 Å². The van der Waals surface area contributed by atoms with Crippen LogP contribution in [0.4, 0.5) is 0 Å². The third kappa shape index (κ3) is 4.34. The molecule has 0 N–H and O–H groups in total. The molecule has 0 spiro atoms. The molecule has 0 amide bonds. The molecule has 0 radical (unpaired) electrons. The van der Waals surface area contributed by atoms with E-state index in [1.807, 2.05) is 0 Å². The predicted molar refractivity (Wildman–Crippen MR) is 133 cm³/mol. The number of hydrogen-bond donors (Lipinski definition) is 0. The fourth-order valence-electron chi connectivity index (χ4n) is 9.13. The fourth-order valence-corrected chi connectivity index (χ4v) is 9.13. The van der Waals surface area contributed by atoms with Crippen LogP contribution in [0, 0.1) is 46.3 Å². The summed E-state index contributed by atoms with van der Waals surface area (Å²) in [5.74, 6) is 5.24.